The summed E-state index contributed by atoms with van der Waals surface area (Å²) in [6.45, 7) is 8.51. The Kier molecular flexibility index (Phi) is 10.2. The first-order valence-corrected chi connectivity index (χ1v) is 12.5. The Morgan fingerprint density at radius 2 is 1.97 bits per heavy atom. The third-order valence-corrected chi connectivity index (χ3v) is 7.50. The molecule has 9 heteroatoms. The molecule has 2 aliphatic heterocycles. The molecule has 30 heavy (non-hydrogen) atoms. The van der Waals surface area contributed by atoms with Crippen LogP contribution in [0.5, 0.6) is 0 Å². The van der Waals surface area contributed by atoms with Crippen LogP contribution in [-0.4, -0.2) is 83.1 Å². The van der Waals surface area contributed by atoms with E-state index in [9.17, 15) is 8.42 Å². The van der Waals surface area contributed by atoms with Crippen molar-refractivity contribution in [2.45, 2.75) is 32.2 Å². The molecule has 2 heterocycles. The van der Waals surface area contributed by atoms with Crippen LogP contribution in [0.3, 0.4) is 0 Å². The monoisotopic (exact) mass is 549 g/mol. The van der Waals surface area contributed by atoms with E-state index in [1.165, 1.54) is 11.3 Å². The maximum Gasteiger partial charge on any atom is 0.191 e. The number of aliphatic imine (C=N–C) groups is 1. The first-order valence-electron chi connectivity index (χ1n) is 10.7. The second-order valence-corrected chi connectivity index (χ2v) is 10.3. The Hall–Kier alpha value is -1.07. The fraction of sp³-hybridized carbons (Fsp3) is 0.667. The van der Waals surface area contributed by atoms with Crippen molar-refractivity contribution < 1.29 is 8.42 Å². The van der Waals surface area contributed by atoms with E-state index in [0.29, 0.717) is 12.4 Å². The summed E-state index contributed by atoms with van der Waals surface area (Å²) in [5, 5.41) is 6.54. The number of nitrogens with zero attached hydrogens (tertiary/aromatic N) is 3. The van der Waals surface area contributed by atoms with Gasteiger partial charge in [0.1, 0.15) is 0 Å². The molecule has 3 rings (SSSR count). The maximum absolute atomic E-state index is 11.6. The smallest absolute Gasteiger partial charge is 0.191 e. The van der Waals surface area contributed by atoms with Gasteiger partial charge in [0.2, 0.25) is 0 Å². The zero-order valence-electron chi connectivity index (χ0n) is 18.1. The summed E-state index contributed by atoms with van der Waals surface area (Å²) >= 11 is 0. The van der Waals surface area contributed by atoms with Gasteiger partial charge in [0, 0.05) is 51.5 Å². The SMILES string of the molecule is CN=C(NCCCCN1CCN(c2cccc(C)c2)CC1)NC1CCS(=O)(=O)C1.I. The highest BCUT2D eigenvalue weighted by Crippen LogP contribution is 2.18. The Labute approximate surface area is 198 Å². The van der Waals surface area contributed by atoms with E-state index in [1.54, 1.807) is 7.05 Å². The molecule has 0 amide bonds. The van der Waals surface area contributed by atoms with E-state index in [-0.39, 0.29) is 41.5 Å². The van der Waals surface area contributed by atoms with Crippen LogP contribution in [-0.2, 0) is 9.84 Å². The Morgan fingerprint density at radius 3 is 2.60 bits per heavy atom. The summed E-state index contributed by atoms with van der Waals surface area (Å²) in [7, 11) is -1.14. The van der Waals surface area contributed by atoms with E-state index < -0.39 is 9.84 Å². The molecular formula is C21H36IN5O2S. The van der Waals surface area contributed by atoms with Gasteiger partial charge in [-0.1, -0.05) is 12.1 Å². The number of piperazine rings is 1. The minimum absolute atomic E-state index is 0. The number of aryl methyl sites for hydroxylation is 1. The molecule has 2 N–H and O–H groups in total. The van der Waals surface area contributed by atoms with Crippen LogP contribution in [0.2, 0.25) is 0 Å². The van der Waals surface area contributed by atoms with Gasteiger partial charge in [-0.05, 0) is 50.4 Å². The maximum atomic E-state index is 11.6. The molecule has 0 aromatic heterocycles. The first-order chi connectivity index (χ1) is 13.9. The fourth-order valence-electron chi connectivity index (χ4n) is 4.02. The van der Waals surface area contributed by atoms with Crippen LogP contribution in [0.1, 0.15) is 24.8 Å². The Morgan fingerprint density at radius 1 is 1.20 bits per heavy atom. The lowest BCUT2D eigenvalue weighted by molar-refractivity contribution is 0.253. The summed E-state index contributed by atoms with van der Waals surface area (Å²) < 4.78 is 23.1. The third kappa shape index (κ3) is 7.88. The molecule has 0 bridgehead atoms. The van der Waals surface area contributed by atoms with Crippen LogP contribution in [0, 0.1) is 6.92 Å². The van der Waals surface area contributed by atoms with E-state index >= 15 is 0 Å². The highest BCUT2D eigenvalue weighted by atomic mass is 127. The summed E-state index contributed by atoms with van der Waals surface area (Å²) in [4.78, 5) is 9.23. The van der Waals surface area contributed by atoms with Gasteiger partial charge in [-0.3, -0.25) is 9.89 Å². The average molecular weight is 550 g/mol. The molecule has 2 aliphatic rings. The number of hydrogen-bond acceptors (Lipinski definition) is 5. The van der Waals surface area contributed by atoms with Gasteiger partial charge in [0.05, 0.1) is 11.5 Å². The molecule has 2 fully saturated rings. The number of nitrogens with one attached hydrogen (secondary N) is 2. The van der Waals surface area contributed by atoms with Crippen LogP contribution in [0.25, 0.3) is 0 Å². The quantitative estimate of drug-likeness (QED) is 0.234. The van der Waals surface area contributed by atoms with Crippen molar-refractivity contribution in [1.29, 1.82) is 0 Å². The van der Waals surface area contributed by atoms with E-state index in [2.05, 4.69) is 56.6 Å². The number of unbranched alkanes of at least 4 members (excludes halogenated alkanes) is 1. The van der Waals surface area contributed by atoms with Crippen molar-refractivity contribution in [1.82, 2.24) is 15.5 Å². The number of sulfone groups is 1. The summed E-state index contributed by atoms with van der Waals surface area (Å²) in [6.07, 6.45) is 2.88. The second kappa shape index (κ2) is 12.1. The molecular weight excluding hydrogens is 513 g/mol. The van der Waals surface area contributed by atoms with Crippen molar-refractivity contribution in [3.05, 3.63) is 29.8 Å². The third-order valence-electron chi connectivity index (χ3n) is 5.73. The van der Waals surface area contributed by atoms with Gasteiger partial charge in [-0.25, -0.2) is 8.42 Å². The molecule has 0 saturated carbocycles. The van der Waals surface area contributed by atoms with Gasteiger partial charge in [-0.15, -0.1) is 24.0 Å². The lowest BCUT2D eigenvalue weighted by Crippen LogP contribution is -2.47. The average Bonchev–Trinajstić information content (AvgIpc) is 3.05. The van der Waals surface area contributed by atoms with Crippen LogP contribution >= 0.6 is 24.0 Å². The number of rotatable bonds is 7. The standard InChI is InChI=1S/C21H35N5O2S.HI/c1-18-6-5-7-20(16-18)26-13-11-25(12-14-26)10-4-3-9-23-21(22-2)24-19-8-15-29(27,28)17-19;/h5-7,16,19H,3-4,8-15,17H2,1-2H3,(H2,22,23,24);1H. The highest BCUT2D eigenvalue weighted by molar-refractivity contribution is 14.0. The zero-order chi connectivity index (χ0) is 20.7. The van der Waals surface area contributed by atoms with Crippen molar-refractivity contribution in [2.24, 2.45) is 4.99 Å². The van der Waals surface area contributed by atoms with Gasteiger partial charge in [0.15, 0.2) is 15.8 Å². The molecule has 0 radical (unpaired) electrons. The van der Waals surface area contributed by atoms with E-state index in [1.807, 2.05) is 0 Å². The van der Waals surface area contributed by atoms with E-state index in [4.69, 9.17) is 0 Å². The highest BCUT2D eigenvalue weighted by Gasteiger charge is 2.28. The normalized spacial score (nSPS) is 21.9. The summed E-state index contributed by atoms with van der Waals surface area (Å²) in [5.41, 5.74) is 2.65. The molecule has 1 unspecified atom stereocenters. The molecule has 1 aromatic carbocycles. The molecule has 170 valence electrons. The van der Waals surface area contributed by atoms with Gasteiger partial charge in [0.25, 0.3) is 0 Å². The van der Waals surface area contributed by atoms with Crippen molar-refractivity contribution in [3.8, 4) is 0 Å². The van der Waals surface area contributed by atoms with E-state index in [0.717, 1.165) is 52.1 Å². The van der Waals surface area contributed by atoms with Gasteiger partial charge in [-0.2, -0.15) is 0 Å². The second-order valence-electron chi connectivity index (χ2n) is 8.12. The number of guanidine groups is 1. The predicted octanol–water partition coefficient (Wildman–Crippen LogP) is 1.87. The molecule has 2 saturated heterocycles. The molecule has 1 aromatic rings. The Balaban J connectivity index is 0.00000320. The molecule has 0 aliphatic carbocycles. The number of halogens is 1. The van der Waals surface area contributed by atoms with Crippen molar-refractivity contribution >= 4 is 45.5 Å². The molecule has 0 spiro atoms. The van der Waals surface area contributed by atoms with Gasteiger partial charge >= 0.3 is 0 Å². The molecule has 1 atom stereocenters. The number of anilines is 1. The van der Waals surface area contributed by atoms with Crippen LogP contribution in [0.15, 0.2) is 29.3 Å². The summed E-state index contributed by atoms with van der Waals surface area (Å²) in [5.74, 6) is 1.19. The lowest BCUT2D eigenvalue weighted by Gasteiger charge is -2.36. The number of benzene rings is 1. The number of hydrogen-bond donors (Lipinski definition) is 2. The molecule has 7 nitrogen and oxygen atoms in total. The van der Waals surface area contributed by atoms with Crippen molar-refractivity contribution in [3.63, 3.8) is 0 Å². The zero-order valence-corrected chi connectivity index (χ0v) is 21.3. The topological polar surface area (TPSA) is 77.0 Å². The Bertz CT molecular complexity index is 794. The first kappa shape index (κ1) is 25.2. The minimum atomic E-state index is -2.87. The predicted molar refractivity (Wildman–Crippen MR) is 136 cm³/mol. The van der Waals surface area contributed by atoms with Crippen LogP contribution in [0.4, 0.5) is 5.69 Å². The fourth-order valence-corrected chi connectivity index (χ4v) is 5.69. The van der Waals surface area contributed by atoms with Crippen molar-refractivity contribution in [2.75, 3.05) is 62.7 Å². The summed E-state index contributed by atoms with van der Waals surface area (Å²) in [6, 6.07) is 8.74. The van der Waals surface area contributed by atoms with Crippen LogP contribution < -0.4 is 15.5 Å². The minimum Gasteiger partial charge on any atom is -0.369 e. The van der Waals surface area contributed by atoms with Gasteiger partial charge < -0.3 is 15.5 Å². The largest absolute Gasteiger partial charge is 0.369 e. The lowest BCUT2D eigenvalue weighted by atomic mass is 10.2.